The van der Waals surface area contributed by atoms with Gasteiger partial charge in [-0.2, -0.15) is 0 Å². The van der Waals surface area contributed by atoms with Gasteiger partial charge in [0.05, 0.1) is 0 Å². The minimum atomic E-state index is -0.252. The van der Waals surface area contributed by atoms with E-state index in [1.54, 1.807) is 12.1 Å². The van der Waals surface area contributed by atoms with Crippen LogP contribution < -0.4 is 4.74 Å². The van der Waals surface area contributed by atoms with E-state index in [4.69, 9.17) is 4.74 Å². The summed E-state index contributed by atoms with van der Waals surface area (Å²) in [5, 5.41) is 1.19. The Balaban J connectivity index is 1.86. The summed E-state index contributed by atoms with van der Waals surface area (Å²) in [5.41, 5.74) is 3.57. The van der Waals surface area contributed by atoms with Gasteiger partial charge in [-0.3, -0.25) is 0 Å². The highest BCUT2D eigenvalue weighted by Gasteiger charge is 2.07. The molecule has 0 atom stereocenters. The highest BCUT2D eigenvalue weighted by Crippen LogP contribution is 2.23. The van der Waals surface area contributed by atoms with Crippen molar-refractivity contribution in [3.05, 3.63) is 65.6 Å². The lowest BCUT2D eigenvalue weighted by Gasteiger charge is -2.05. The Hall–Kier alpha value is -2.29. The van der Waals surface area contributed by atoms with Gasteiger partial charge in [0, 0.05) is 29.7 Å². The summed E-state index contributed by atoms with van der Waals surface area (Å²) < 4.78 is 20.7. The number of hydrogen-bond acceptors (Lipinski definition) is 1. The third kappa shape index (κ3) is 2.39. The minimum Gasteiger partial charge on any atom is -0.489 e. The van der Waals surface area contributed by atoms with Crippen molar-refractivity contribution in [1.29, 1.82) is 0 Å². The third-order valence-corrected chi connectivity index (χ3v) is 3.44. The van der Waals surface area contributed by atoms with Gasteiger partial charge in [0.25, 0.3) is 0 Å². The van der Waals surface area contributed by atoms with E-state index in [1.165, 1.54) is 28.6 Å². The van der Waals surface area contributed by atoms with Crippen molar-refractivity contribution in [3.63, 3.8) is 0 Å². The van der Waals surface area contributed by atoms with Gasteiger partial charge in [-0.1, -0.05) is 12.1 Å². The van der Waals surface area contributed by atoms with Crippen molar-refractivity contribution >= 4 is 10.9 Å². The molecule has 0 bridgehead atoms. The number of benzene rings is 2. The maximum atomic E-state index is 12.8. The summed E-state index contributed by atoms with van der Waals surface area (Å²) in [5.74, 6) is 0.425. The highest BCUT2D eigenvalue weighted by molar-refractivity contribution is 5.84. The molecule has 0 amide bonds. The lowest BCUT2D eigenvalue weighted by atomic mass is 10.1. The number of halogens is 1. The van der Waals surface area contributed by atoms with E-state index >= 15 is 0 Å². The smallest absolute Gasteiger partial charge is 0.123 e. The molecule has 20 heavy (non-hydrogen) atoms. The van der Waals surface area contributed by atoms with Gasteiger partial charge in [0.2, 0.25) is 0 Å². The molecule has 0 saturated carbocycles. The summed E-state index contributed by atoms with van der Waals surface area (Å²) >= 11 is 0. The molecule has 0 aliphatic rings. The number of rotatable bonds is 3. The number of aryl methyl sites for hydroxylation is 2. The molecule has 0 fully saturated rings. The van der Waals surface area contributed by atoms with Gasteiger partial charge in [-0.05, 0) is 42.8 Å². The monoisotopic (exact) mass is 269 g/mol. The number of ether oxygens (including phenoxy) is 1. The molecule has 102 valence electrons. The molecular weight excluding hydrogens is 253 g/mol. The predicted octanol–water partition coefficient (Wildman–Crippen LogP) is 4.20. The van der Waals surface area contributed by atoms with Gasteiger partial charge >= 0.3 is 0 Å². The fourth-order valence-electron chi connectivity index (χ4n) is 2.38. The number of nitrogens with zero attached hydrogens (tertiary/aromatic N) is 1. The molecule has 2 aromatic carbocycles. The summed E-state index contributed by atoms with van der Waals surface area (Å²) in [4.78, 5) is 0. The van der Waals surface area contributed by atoms with Gasteiger partial charge < -0.3 is 9.30 Å². The van der Waals surface area contributed by atoms with Crippen molar-refractivity contribution in [2.24, 2.45) is 7.05 Å². The lowest BCUT2D eigenvalue weighted by molar-refractivity contribution is 0.307. The molecule has 1 heterocycles. The average Bonchev–Trinajstić information content (AvgIpc) is 2.74. The van der Waals surface area contributed by atoms with Crippen molar-refractivity contribution in [2.75, 3.05) is 0 Å². The third-order valence-electron chi connectivity index (χ3n) is 3.44. The second-order valence-corrected chi connectivity index (χ2v) is 5.03. The fraction of sp³-hybridized carbons (Fsp3) is 0.176. The van der Waals surface area contributed by atoms with E-state index in [0.29, 0.717) is 12.4 Å². The first-order valence-electron chi connectivity index (χ1n) is 6.56. The normalized spacial score (nSPS) is 10.9. The summed E-state index contributed by atoms with van der Waals surface area (Å²) in [7, 11) is 2.03. The summed E-state index contributed by atoms with van der Waals surface area (Å²) in [6.45, 7) is 2.56. The molecule has 3 rings (SSSR count). The Morgan fingerprint density at radius 2 is 1.85 bits per heavy atom. The van der Waals surface area contributed by atoms with Crippen LogP contribution in [0.5, 0.6) is 5.75 Å². The van der Waals surface area contributed by atoms with E-state index < -0.39 is 0 Å². The largest absolute Gasteiger partial charge is 0.489 e. The van der Waals surface area contributed by atoms with Gasteiger partial charge in [-0.25, -0.2) is 4.39 Å². The first-order valence-corrected chi connectivity index (χ1v) is 6.56. The zero-order chi connectivity index (χ0) is 14.1. The second-order valence-electron chi connectivity index (χ2n) is 5.03. The molecule has 2 nitrogen and oxygen atoms in total. The Morgan fingerprint density at radius 1 is 1.10 bits per heavy atom. The summed E-state index contributed by atoms with van der Waals surface area (Å²) in [6.07, 6.45) is 2.08. The molecule has 0 N–H and O–H groups in total. The van der Waals surface area contributed by atoms with Gasteiger partial charge in [0.15, 0.2) is 0 Å². The predicted molar refractivity (Wildman–Crippen MR) is 78.4 cm³/mol. The average molecular weight is 269 g/mol. The fourth-order valence-corrected chi connectivity index (χ4v) is 2.38. The SMILES string of the molecule is Cc1ccc2c(COc3ccc(F)cc3)cn(C)c2c1. The molecular formula is C17H16FNO. The minimum absolute atomic E-state index is 0.252. The van der Waals surface area contributed by atoms with E-state index in [0.717, 1.165) is 5.56 Å². The van der Waals surface area contributed by atoms with E-state index in [2.05, 4.69) is 35.9 Å². The Kier molecular flexibility index (Phi) is 3.18. The molecule has 3 aromatic rings. The molecule has 3 heteroatoms. The van der Waals surface area contributed by atoms with Crippen molar-refractivity contribution in [2.45, 2.75) is 13.5 Å². The molecule has 0 saturated heterocycles. The maximum Gasteiger partial charge on any atom is 0.123 e. The Morgan fingerprint density at radius 3 is 2.60 bits per heavy atom. The van der Waals surface area contributed by atoms with Crippen LogP contribution in [0.1, 0.15) is 11.1 Å². The van der Waals surface area contributed by atoms with Gasteiger partial charge in [-0.15, -0.1) is 0 Å². The van der Waals surface area contributed by atoms with Crippen LogP contribution >= 0.6 is 0 Å². The zero-order valence-electron chi connectivity index (χ0n) is 11.6. The van der Waals surface area contributed by atoms with Crippen LogP contribution in [-0.2, 0) is 13.7 Å². The van der Waals surface area contributed by atoms with Crippen molar-refractivity contribution < 1.29 is 9.13 Å². The number of aromatic nitrogens is 1. The van der Waals surface area contributed by atoms with Crippen LogP contribution in [0.15, 0.2) is 48.7 Å². The maximum absolute atomic E-state index is 12.8. The molecule has 0 radical (unpaired) electrons. The summed E-state index contributed by atoms with van der Waals surface area (Å²) in [6, 6.07) is 12.5. The molecule has 0 unspecified atom stereocenters. The quantitative estimate of drug-likeness (QED) is 0.695. The Bertz CT molecular complexity index is 744. The van der Waals surface area contributed by atoms with Gasteiger partial charge in [0.1, 0.15) is 18.2 Å². The van der Waals surface area contributed by atoms with Crippen LogP contribution in [0.25, 0.3) is 10.9 Å². The first-order chi connectivity index (χ1) is 9.63. The first kappa shape index (κ1) is 12.7. The van der Waals surface area contributed by atoms with Crippen LogP contribution in [0.2, 0.25) is 0 Å². The van der Waals surface area contributed by atoms with Crippen LogP contribution in [-0.4, -0.2) is 4.57 Å². The molecule has 0 aliphatic carbocycles. The van der Waals surface area contributed by atoms with E-state index in [9.17, 15) is 4.39 Å². The molecule has 1 aromatic heterocycles. The van der Waals surface area contributed by atoms with Crippen LogP contribution in [0.3, 0.4) is 0 Å². The van der Waals surface area contributed by atoms with Crippen LogP contribution in [0.4, 0.5) is 4.39 Å². The lowest BCUT2D eigenvalue weighted by Crippen LogP contribution is -1.94. The second kappa shape index (κ2) is 5.00. The van der Waals surface area contributed by atoms with Crippen molar-refractivity contribution in [1.82, 2.24) is 4.57 Å². The standard InChI is InChI=1S/C17H16FNO/c1-12-3-8-16-13(10-19(2)17(16)9-12)11-20-15-6-4-14(18)5-7-15/h3-10H,11H2,1-2H3. The molecule has 0 spiro atoms. The number of hydrogen-bond donors (Lipinski definition) is 0. The van der Waals surface area contributed by atoms with Crippen molar-refractivity contribution in [3.8, 4) is 5.75 Å². The topological polar surface area (TPSA) is 14.2 Å². The Labute approximate surface area is 117 Å². The number of fused-ring (bicyclic) bond motifs is 1. The zero-order valence-corrected chi connectivity index (χ0v) is 11.6. The van der Waals surface area contributed by atoms with E-state index in [-0.39, 0.29) is 5.82 Å². The molecule has 0 aliphatic heterocycles. The highest BCUT2D eigenvalue weighted by atomic mass is 19.1. The van der Waals surface area contributed by atoms with Crippen LogP contribution in [0, 0.1) is 12.7 Å². The van der Waals surface area contributed by atoms with E-state index in [1.807, 2.05) is 7.05 Å².